The van der Waals surface area contributed by atoms with Crippen LogP contribution in [0.2, 0.25) is 0 Å². The quantitative estimate of drug-likeness (QED) is 0.802. The minimum Gasteiger partial charge on any atom is -0.330 e. The Hall–Kier alpha value is -1.57. The number of benzene rings is 1. The minimum absolute atomic E-state index is 0.192. The lowest BCUT2D eigenvalue weighted by molar-refractivity contribution is -0.126. The van der Waals surface area contributed by atoms with Gasteiger partial charge in [0.1, 0.15) is 0 Å². The van der Waals surface area contributed by atoms with Crippen LogP contribution in [0.5, 0.6) is 0 Å². The molecule has 2 nitrogen and oxygen atoms in total. The molecule has 0 aromatic heterocycles. The van der Waals surface area contributed by atoms with E-state index in [0.29, 0.717) is 5.92 Å². The summed E-state index contributed by atoms with van der Waals surface area (Å²) in [5.41, 5.74) is 3.68. The predicted octanol–water partition coefficient (Wildman–Crippen LogP) is 3.35. The average molecular weight is 241 g/mol. The lowest BCUT2D eigenvalue weighted by Gasteiger charge is -2.37. The third kappa shape index (κ3) is 1.86. The standard InChI is InChI=1S/C16H19NO/c1-11-15(12-7-3-2-4-8-12)13-9-5-6-10-14(13)16(18)17-11/h2-4,7-8,13-14H,5-6,9-10H2,1H3,(H,17,18). The highest BCUT2D eigenvalue weighted by molar-refractivity contribution is 5.89. The van der Waals surface area contributed by atoms with Gasteiger partial charge < -0.3 is 5.32 Å². The number of hydrogen-bond acceptors (Lipinski definition) is 1. The fourth-order valence-corrected chi connectivity index (χ4v) is 3.46. The van der Waals surface area contributed by atoms with Gasteiger partial charge in [-0.1, -0.05) is 43.2 Å². The Bertz CT molecular complexity index is 489. The molecule has 1 heterocycles. The van der Waals surface area contributed by atoms with Crippen molar-refractivity contribution < 1.29 is 4.79 Å². The molecule has 1 fully saturated rings. The van der Waals surface area contributed by atoms with Crippen molar-refractivity contribution in [1.29, 1.82) is 0 Å². The molecule has 1 amide bonds. The highest BCUT2D eigenvalue weighted by Gasteiger charge is 2.37. The van der Waals surface area contributed by atoms with Crippen molar-refractivity contribution in [1.82, 2.24) is 5.32 Å². The summed E-state index contributed by atoms with van der Waals surface area (Å²) in [4.78, 5) is 12.1. The Morgan fingerprint density at radius 1 is 1.06 bits per heavy atom. The van der Waals surface area contributed by atoms with Crippen LogP contribution in [0.4, 0.5) is 0 Å². The maximum atomic E-state index is 12.1. The zero-order valence-corrected chi connectivity index (χ0v) is 10.8. The van der Waals surface area contributed by atoms with Crippen LogP contribution < -0.4 is 5.32 Å². The van der Waals surface area contributed by atoms with Gasteiger partial charge in [0.25, 0.3) is 0 Å². The summed E-state index contributed by atoms with van der Waals surface area (Å²) in [6, 6.07) is 10.5. The molecule has 2 unspecified atom stereocenters. The van der Waals surface area contributed by atoms with Crippen LogP contribution >= 0.6 is 0 Å². The summed E-state index contributed by atoms with van der Waals surface area (Å²) in [6.07, 6.45) is 4.63. The number of amides is 1. The second-order valence-corrected chi connectivity index (χ2v) is 5.39. The largest absolute Gasteiger partial charge is 0.330 e. The van der Waals surface area contributed by atoms with Gasteiger partial charge in [-0.25, -0.2) is 0 Å². The van der Waals surface area contributed by atoms with Gasteiger partial charge >= 0.3 is 0 Å². The van der Waals surface area contributed by atoms with Gasteiger partial charge in [-0.15, -0.1) is 0 Å². The van der Waals surface area contributed by atoms with Gasteiger partial charge in [-0.3, -0.25) is 4.79 Å². The van der Waals surface area contributed by atoms with Crippen molar-refractivity contribution in [3.05, 3.63) is 41.6 Å². The molecule has 0 radical (unpaired) electrons. The molecule has 1 aliphatic carbocycles. The molecular formula is C16H19NO. The highest BCUT2D eigenvalue weighted by Crippen LogP contribution is 2.43. The Morgan fingerprint density at radius 2 is 1.72 bits per heavy atom. The molecule has 2 atom stereocenters. The van der Waals surface area contributed by atoms with E-state index in [9.17, 15) is 4.79 Å². The fraction of sp³-hybridized carbons (Fsp3) is 0.438. The highest BCUT2D eigenvalue weighted by atomic mass is 16.2. The average Bonchev–Trinajstić information content (AvgIpc) is 2.40. The first-order valence-electron chi connectivity index (χ1n) is 6.84. The number of rotatable bonds is 1. The molecule has 3 rings (SSSR count). The molecule has 2 heteroatoms. The van der Waals surface area contributed by atoms with E-state index in [1.165, 1.54) is 24.0 Å². The van der Waals surface area contributed by atoms with Gasteiger partial charge in [0, 0.05) is 11.6 Å². The van der Waals surface area contributed by atoms with Crippen LogP contribution in [-0.4, -0.2) is 5.91 Å². The van der Waals surface area contributed by atoms with Crippen LogP contribution in [-0.2, 0) is 4.79 Å². The first kappa shape index (κ1) is 11.5. The van der Waals surface area contributed by atoms with Crippen molar-refractivity contribution in [2.75, 3.05) is 0 Å². The lowest BCUT2D eigenvalue weighted by atomic mass is 9.70. The van der Waals surface area contributed by atoms with E-state index in [0.717, 1.165) is 18.5 Å². The monoisotopic (exact) mass is 241 g/mol. The van der Waals surface area contributed by atoms with E-state index in [1.54, 1.807) is 0 Å². The number of nitrogens with one attached hydrogen (secondary N) is 1. The van der Waals surface area contributed by atoms with Crippen LogP contribution in [0, 0.1) is 11.8 Å². The number of fused-ring (bicyclic) bond motifs is 1. The zero-order valence-electron chi connectivity index (χ0n) is 10.8. The molecule has 1 aromatic rings. The number of carbonyl (C=O) groups is 1. The third-order valence-corrected chi connectivity index (χ3v) is 4.27. The third-order valence-electron chi connectivity index (χ3n) is 4.27. The van der Waals surface area contributed by atoms with Crippen molar-refractivity contribution in [3.8, 4) is 0 Å². The van der Waals surface area contributed by atoms with E-state index < -0.39 is 0 Å². The summed E-state index contributed by atoms with van der Waals surface area (Å²) < 4.78 is 0. The number of allylic oxidation sites excluding steroid dienone is 2. The summed E-state index contributed by atoms with van der Waals surface area (Å²) in [5.74, 6) is 0.851. The summed E-state index contributed by atoms with van der Waals surface area (Å²) >= 11 is 0. The molecular weight excluding hydrogens is 222 g/mol. The maximum Gasteiger partial charge on any atom is 0.227 e. The molecule has 0 bridgehead atoms. The molecule has 0 spiro atoms. The second-order valence-electron chi connectivity index (χ2n) is 5.39. The van der Waals surface area contributed by atoms with E-state index in [4.69, 9.17) is 0 Å². The molecule has 1 saturated carbocycles. The summed E-state index contributed by atoms with van der Waals surface area (Å²) in [5, 5.41) is 3.07. The molecule has 18 heavy (non-hydrogen) atoms. The Kier molecular flexibility index (Phi) is 2.94. The Morgan fingerprint density at radius 3 is 2.44 bits per heavy atom. The Balaban J connectivity index is 2.05. The zero-order chi connectivity index (χ0) is 12.5. The van der Waals surface area contributed by atoms with E-state index in [2.05, 4.69) is 29.6 Å². The van der Waals surface area contributed by atoms with Crippen molar-refractivity contribution in [2.45, 2.75) is 32.6 Å². The van der Waals surface area contributed by atoms with E-state index in [-0.39, 0.29) is 11.8 Å². The fourth-order valence-electron chi connectivity index (χ4n) is 3.46. The molecule has 0 saturated heterocycles. The topological polar surface area (TPSA) is 29.1 Å². The molecule has 94 valence electrons. The maximum absolute atomic E-state index is 12.1. The normalized spacial score (nSPS) is 27.7. The van der Waals surface area contributed by atoms with E-state index >= 15 is 0 Å². The van der Waals surface area contributed by atoms with Crippen molar-refractivity contribution in [3.63, 3.8) is 0 Å². The second kappa shape index (κ2) is 4.60. The summed E-state index contributed by atoms with van der Waals surface area (Å²) in [7, 11) is 0. The first-order valence-corrected chi connectivity index (χ1v) is 6.84. The van der Waals surface area contributed by atoms with Crippen molar-refractivity contribution in [2.24, 2.45) is 11.8 Å². The molecule has 1 aromatic carbocycles. The Labute approximate surface area is 108 Å². The van der Waals surface area contributed by atoms with E-state index in [1.807, 2.05) is 13.0 Å². The molecule has 2 aliphatic rings. The van der Waals surface area contributed by atoms with Crippen LogP contribution in [0.1, 0.15) is 38.2 Å². The lowest BCUT2D eigenvalue weighted by Crippen LogP contribution is -2.41. The molecule has 1 aliphatic heterocycles. The van der Waals surface area contributed by atoms with Gasteiger partial charge in [-0.2, -0.15) is 0 Å². The van der Waals surface area contributed by atoms with Crippen LogP contribution in [0.3, 0.4) is 0 Å². The summed E-state index contributed by atoms with van der Waals surface area (Å²) in [6.45, 7) is 2.03. The van der Waals surface area contributed by atoms with Crippen molar-refractivity contribution >= 4 is 11.5 Å². The minimum atomic E-state index is 0.192. The SMILES string of the molecule is CC1=C(c2ccccc2)C2CCCCC2C(=O)N1. The van der Waals surface area contributed by atoms with Gasteiger partial charge in [-0.05, 0) is 36.8 Å². The van der Waals surface area contributed by atoms with Gasteiger partial charge in [0.05, 0.1) is 0 Å². The van der Waals surface area contributed by atoms with Crippen LogP contribution in [0.15, 0.2) is 36.0 Å². The molecule has 1 N–H and O–H groups in total. The predicted molar refractivity (Wildman–Crippen MR) is 72.6 cm³/mol. The number of hydrogen-bond donors (Lipinski definition) is 1. The smallest absolute Gasteiger partial charge is 0.227 e. The van der Waals surface area contributed by atoms with Crippen LogP contribution in [0.25, 0.3) is 5.57 Å². The first-order chi connectivity index (χ1) is 8.77. The number of carbonyl (C=O) groups excluding carboxylic acids is 1. The van der Waals surface area contributed by atoms with Gasteiger partial charge in [0.2, 0.25) is 5.91 Å². The van der Waals surface area contributed by atoms with Gasteiger partial charge in [0.15, 0.2) is 0 Å².